The molecule has 1 atom stereocenters. The number of hydrogen-bond acceptors (Lipinski definition) is 6. The van der Waals surface area contributed by atoms with E-state index < -0.39 is 0 Å². The normalized spacial score (nSPS) is 17.1. The molecule has 2 aromatic rings. The van der Waals surface area contributed by atoms with E-state index in [4.69, 9.17) is 0 Å². The molecule has 0 saturated heterocycles. The molecule has 7 nitrogen and oxygen atoms in total. The van der Waals surface area contributed by atoms with Crippen LogP contribution in [0.5, 0.6) is 0 Å². The van der Waals surface area contributed by atoms with E-state index in [1.807, 2.05) is 0 Å². The number of carbonyl (C=O) groups excluding carboxylic acids is 1. The summed E-state index contributed by atoms with van der Waals surface area (Å²) in [6.45, 7) is 2.04. The lowest BCUT2D eigenvalue weighted by atomic mass is 10.1. The molecule has 1 aliphatic heterocycles. The molecule has 21 heavy (non-hydrogen) atoms. The quantitative estimate of drug-likeness (QED) is 0.822. The van der Waals surface area contributed by atoms with Gasteiger partial charge in [-0.15, -0.1) is 0 Å². The van der Waals surface area contributed by atoms with Crippen LogP contribution in [0.15, 0.2) is 34.6 Å². The van der Waals surface area contributed by atoms with Gasteiger partial charge in [0.25, 0.3) is 5.56 Å². The molecule has 0 radical (unpaired) electrons. The minimum atomic E-state index is -0.312. The average Bonchev–Trinajstić information content (AvgIpc) is 2.52. The van der Waals surface area contributed by atoms with Gasteiger partial charge in [0.2, 0.25) is 11.9 Å². The van der Waals surface area contributed by atoms with E-state index in [0.29, 0.717) is 23.0 Å². The molecule has 1 unspecified atom stereocenters. The van der Waals surface area contributed by atoms with Gasteiger partial charge >= 0.3 is 0 Å². The molecule has 1 amide bonds. The lowest BCUT2D eigenvalue weighted by Crippen LogP contribution is -2.37. The first-order valence-electron chi connectivity index (χ1n) is 6.42. The number of aromatic nitrogens is 4. The van der Waals surface area contributed by atoms with E-state index in [0.717, 1.165) is 0 Å². The third-order valence-electron chi connectivity index (χ3n) is 3.17. The monoisotopic (exact) mass is 303 g/mol. The Morgan fingerprint density at radius 3 is 2.90 bits per heavy atom. The first-order chi connectivity index (χ1) is 10.1. The summed E-state index contributed by atoms with van der Waals surface area (Å²) in [7, 11) is 0. The maximum atomic E-state index is 12.2. The average molecular weight is 303 g/mol. The van der Waals surface area contributed by atoms with Crippen molar-refractivity contribution < 1.29 is 4.79 Å². The molecule has 2 aromatic heterocycles. The fourth-order valence-electron chi connectivity index (χ4n) is 2.04. The second kappa shape index (κ2) is 5.65. The van der Waals surface area contributed by atoms with E-state index >= 15 is 0 Å². The Morgan fingerprint density at radius 1 is 1.38 bits per heavy atom. The van der Waals surface area contributed by atoms with Crippen LogP contribution in [0.2, 0.25) is 0 Å². The summed E-state index contributed by atoms with van der Waals surface area (Å²) in [6.07, 6.45) is 4.69. The Morgan fingerprint density at radius 2 is 2.14 bits per heavy atom. The molecule has 8 heteroatoms. The predicted octanol–water partition coefficient (Wildman–Crippen LogP) is 0.702. The Hall–Kier alpha value is -2.22. The van der Waals surface area contributed by atoms with Gasteiger partial charge in [0.05, 0.1) is 5.92 Å². The number of fused-ring (bicyclic) bond motifs is 1. The van der Waals surface area contributed by atoms with Crippen LogP contribution in [-0.2, 0) is 11.3 Å². The number of aryl methyl sites for hydroxylation is 1. The van der Waals surface area contributed by atoms with Gasteiger partial charge in [-0.25, -0.2) is 15.0 Å². The summed E-state index contributed by atoms with van der Waals surface area (Å²) in [4.78, 5) is 36.5. The number of nitrogens with one attached hydrogen (secondary N) is 1. The summed E-state index contributed by atoms with van der Waals surface area (Å²) in [5.41, 5.74) is 0.479. The van der Waals surface area contributed by atoms with Crippen molar-refractivity contribution >= 4 is 23.6 Å². The third-order valence-corrected chi connectivity index (χ3v) is 4.32. The summed E-state index contributed by atoms with van der Waals surface area (Å²) >= 11 is 1.41. The molecular weight excluding hydrogens is 290 g/mol. The van der Waals surface area contributed by atoms with Crippen molar-refractivity contribution in [2.24, 2.45) is 5.92 Å². The molecule has 0 bridgehead atoms. The highest BCUT2D eigenvalue weighted by Gasteiger charge is 2.27. The lowest BCUT2D eigenvalue weighted by molar-refractivity contribution is -0.119. The molecule has 3 rings (SSSR count). The van der Waals surface area contributed by atoms with Gasteiger partial charge in [-0.2, -0.15) is 0 Å². The first kappa shape index (κ1) is 13.7. The molecule has 0 aliphatic carbocycles. The Kier molecular flexibility index (Phi) is 3.70. The topological polar surface area (TPSA) is 89.8 Å². The van der Waals surface area contributed by atoms with E-state index in [1.54, 1.807) is 36.1 Å². The zero-order chi connectivity index (χ0) is 14.8. The Balaban J connectivity index is 1.78. The molecule has 0 saturated carbocycles. The van der Waals surface area contributed by atoms with Crippen LogP contribution in [0, 0.1) is 12.8 Å². The third kappa shape index (κ3) is 2.80. The van der Waals surface area contributed by atoms with Crippen LogP contribution >= 0.6 is 11.8 Å². The summed E-state index contributed by atoms with van der Waals surface area (Å²) in [5.74, 6) is 0.349. The number of carbonyl (C=O) groups is 1. The van der Waals surface area contributed by atoms with E-state index in [-0.39, 0.29) is 23.3 Å². The van der Waals surface area contributed by atoms with Crippen molar-refractivity contribution in [1.29, 1.82) is 0 Å². The van der Waals surface area contributed by atoms with Gasteiger partial charge < -0.3 is 0 Å². The fraction of sp³-hybridized carbons (Fsp3) is 0.308. The highest BCUT2D eigenvalue weighted by atomic mass is 32.2. The van der Waals surface area contributed by atoms with Gasteiger partial charge in [-0.1, -0.05) is 11.8 Å². The Bertz CT molecular complexity index is 731. The molecule has 0 fully saturated rings. The summed E-state index contributed by atoms with van der Waals surface area (Å²) < 4.78 is 1.56. The minimum absolute atomic E-state index is 0.0963. The number of anilines is 1. The predicted molar refractivity (Wildman–Crippen MR) is 78.1 cm³/mol. The van der Waals surface area contributed by atoms with Crippen LogP contribution in [0.25, 0.3) is 0 Å². The van der Waals surface area contributed by atoms with E-state index in [2.05, 4.69) is 20.3 Å². The highest BCUT2D eigenvalue weighted by molar-refractivity contribution is 7.99. The largest absolute Gasteiger partial charge is 0.294 e. The van der Waals surface area contributed by atoms with Crippen molar-refractivity contribution in [1.82, 2.24) is 19.5 Å². The smallest absolute Gasteiger partial charge is 0.257 e. The summed E-state index contributed by atoms with van der Waals surface area (Å²) in [6, 6.07) is 1.68. The molecule has 1 aliphatic rings. The first-order valence-corrected chi connectivity index (χ1v) is 7.41. The molecule has 0 aromatic carbocycles. The van der Waals surface area contributed by atoms with Crippen molar-refractivity contribution in [3.8, 4) is 0 Å². The SMILES string of the molecule is Cc1cnc2n(c1=O)CC(C(=O)Nc1ncccn1)CS2. The molecule has 1 N–H and O–H groups in total. The van der Waals surface area contributed by atoms with Gasteiger partial charge in [0, 0.05) is 36.5 Å². The maximum absolute atomic E-state index is 12.2. The molecule has 3 heterocycles. The number of thioether (sulfide) groups is 1. The van der Waals surface area contributed by atoms with Crippen molar-refractivity contribution in [2.75, 3.05) is 11.1 Å². The lowest BCUT2D eigenvalue weighted by Gasteiger charge is -2.23. The van der Waals surface area contributed by atoms with Crippen LogP contribution in [0.1, 0.15) is 5.56 Å². The second-order valence-corrected chi connectivity index (χ2v) is 5.70. The van der Waals surface area contributed by atoms with Gasteiger partial charge in [-0.05, 0) is 13.0 Å². The standard InChI is InChI=1S/C13H13N5O2S/c1-8-5-16-13-18(11(8)20)6-9(7-21-13)10(19)17-12-14-3-2-4-15-12/h2-5,9H,6-7H2,1H3,(H,14,15,17,19). The van der Waals surface area contributed by atoms with Gasteiger partial charge in [0.1, 0.15) is 0 Å². The highest BCUT2D eigenvalue weighted by Crippen LogP contribution is 2.25. The van der Waals surface area contributed by atoms with Crippen LogP contribution < -0.4 is 10.9 Å². The molecule has 0 spiro atoms. The fourth-order valence-corrected chi connectivity index (χ4v) is 3.08. The van der Waals surface area contributed by atoms with Gasteiger partial charge in [-0.3, -0.25) is 19.5 Å². The van der Waals surface area contributed by atoms with Crippen LogP contribution in [0.4, 0.5) is 5.95 Å². The van der Waals surface area contributed by atoms with Crippen molar-refractivity contribution in [3.63, 3.8) is 0 Å². The number of rotatable bonds is 2. The number of amides is 1. The summed E-state index contributed by atoms with van der Waals surface area (Å²) in [5, 5.41) is 3.32. The minimum Gasteiger partial charge on any atom is -0.294 e. The number of nitrogens with zero attached hydrogens (tertiary/aromatic N) is 4. The van der Waals surface area contributed by atoms with Crippen LogP contribution in [-0.4, -0.2) is 31.2 Å². The molecular formula is C13H13N5O2S. The zero-order valence-electron chi connectivity index (χ0n) is 11.3. The van der Waals surface area contributed by atoms with Crippen molar-refractivity contribution in [3.05, 3.63) is 40.6 Å². The van der Waals surface area contributed by atoms with Crippen LogP contribution in [0.3, 0.4) is 0 Å². The zero-order valence-corrected chi connectivity index (χ0v) is 12.1. The van der Waals surface area contributed by atoms with E-state index in [1.165, 1.54) is 11.8 Å². The molecule has 108 valence electrons. The van der Waals surface area contributed by atoms with E-state index in [9.17, 15) is 9.59 Å². The Labute approximate surface area is 124 Å². The van der Waals surface area contributed by atoms with Gasteiger partial charge in [0.15, 0.2) is 5.16 Å². The van der Waals surface area contributed by atoms with Crippen molar-refractivity contribution in [2.45, 2.75) is 18.6 Å². The second-order valence-electron chi connectivity index (χ2n) is 4.71. The maximum Gasteiger partial charge on any atom is 0.257 e. The number of hydrogen-bond donors (Lipinski definition) is 1.